The van der Waals surface area contributed by atoms with Crippen molar-refractivity contribution in [2.75, 3.05) is 59.0 Å². The van der Waals surface area contributed by atoms with Crippen LogP contribution in [-0.4, -0.2) is 84.8 Å². The molecule has 10 heteroatoms. The molecule has 0 radical (unpaired) electrons. The molecule has 3 aromatic carbocycles. The lowest BCUT2D eigenvalue weighted by atomic mass is 9.88. The zero-order valence-electron chi connectivity index (χ0n) is 26.3. The Morgan fingerprint density at radius 2 is 1.72 bits per heavy atom. The number of rotatable bonds is 12. The Morgan fingerprint density at radius 3 is 2.48 bits per heavy atom. The number of aryl methyl sites for hydroxylation is 1. The minimum atomic E-state index is -0.790. The van der Waals surface area contributed by atoms with Crippen LogP contribution < -0.4 is 21.1 Å². The molecule has 2 aliphatic heterocycles. The number of piperazine rings is 1. The first-order chi connectivity index (χ1) is 22.4. The van der Waals surface area contributed by atoms with E-state index in [0.717, 1.165) is 93.1 Å². The van der Waals surface area contributed by atoms with E-state index in [4.69, 9.17) is 22.1 Å². The molecule has 8 nitrogen and oxygen atoms in total. The summed E-state index contributed by atoms with van der Waals surface area (Å²) in [7, 11) is 0. The first kappa shape index (κ1) is 32.5. The summed E-state index contributed by atoms with van der Waals surface area (Å²) in [6.45, 7) is 9.02. The molecular formula is C36H44ClFN6O2. The number of ether oxygens (including phenoxy) is 1. The second kappa shape index (κ2) is 15.0. The van der Waals surface area contributed by atoms with Crippen molar-refractivity contribution in [2.24, 2.45) is 5.73 Å². The van der Waals surface area contributed by atoms with Crippen molar-refractivity contribution in [2.45, 2.75) is 37.9 Å². The maximum Gasteiger partial charge on any atom is 0.240 e. The van der Waals surface area contributed by atoms with Gasteiger partial charge in [0.2, 0.25) is 5.91 Å². The van der Waals surface area contributed by atoms with Gasteiger partial charge >= 0.3 is 0 Å². The van der Waals surface area contributed by atoms with E-state index >= 15 is 0 Å². The number of carbonyl (C=O) groups excluding carboxylic acids is 1. The molecule has 0 bridgehead atoms. The van der Waals surface area contributed by atoms with Gasteiger partial charge in [-0.05, 0) is 85.9 Å². The number of hydrogen-bond donors (Lipinski definition) is 3. The predicted octanol–water partition coefficient (Wildman–Crippen LogP) is 4.88. The van der Waals surface area contributed by atoms with Crippen LogP contribution in [0.15, 0.2) is 72.9 Å². The number of nitrogens with two attached hydrogens (primary N) is 1. The van der Waals surface area contributed by atoms with Gasteiger partial charge in [-0.15, -0.1) is 0 Å². The second-order valence-corrected chi connectivity index (χ2v) is 12.9. The molecule has 0 atom stereocenters. The smallest absolute Gasteiger partial charge is 0.240 e. The van der Waals surface area contributed by atoms with Crippen LogP contribution in [0.5, 0.6) is 5.75 Å². The molecule has 2 saturated heterocycles. The number of aromatic nitrogens is 1. The Labute approximate surface area is 275 Å². The third-order valence-corrected chi connectivity index (χ3v) is 9.54. The number of nitrogens with one attached hydrogen (secondary N) is 2. The van der Waals surface area contributed by atoms with Gasteiger partial charge in [0.1, 0.15) is 18.2 Å². The van der Waals surface area contributed by atoms with E-state index in [2.05, 4.69) is 49.4 Å². The van der Waals surface area contributed by atoms with Crippen LogP contribution in [0.3, 0.4) is 0 Å². The van der Waals surface area contributed by atoms with Crippen molar-refractivity contribution in [3.8, 4) is 16.9 Å². The van der Waals surface area contributed by atoms with E-state index in [1.807, 2.05) is 30.3 Å². The minimum Gasteiger partial charge on any atom is -0.492 e. The first-order valence-electron chi connectivity index (χ1n) is 16.4. The highest BCUT2D eigenvalue weighted by molar-refractivity contribution is 6.30. The average molecular weight is 647 g/mol. The molecule has 46 heavy (non-hydrogen) atoms. The zero-order valence-corrected chi connectivity index (χ0v) is 27.1. The van der Waals surface area contributed by atoms with Gasteiger partial charge in [0.25, 0.3) is 0 Å². The van der Waals surface area contributed by atoms with Crippen LogP contribution >= 0.6 is 11.6 Å². The molecule has 4 N–H and O–H groups in total. The summed E-state index contributed by atoms with van der Waals surface area (Å²) in [5.41, 5.74) is 9.86. The highest BCUT2D eigenvalue weighted by Gasteiger charge is 2.34. The monoisotopic (exact) mass is 646 g/mol. The molecule has 1 aromatic heterocycles. The number of nitrogens with zero attached hydrogens (tertiary/aromatic N) is 3. The predicted molar refractivity (Wildman–Crippen MR) is 183 cm³/mol. The molecule has 2 aliphatic rings. The molecule has 3 heterocycles. The molecular weight excluding hydrogens is 603 g/mol. The Kier molecular flexibility index (Phi) is 10.6. The highest BCUT2D eigenvalue weighted by Crippen LogP contribution is 2.34. The quantitative estimate of drug-likeness (QED) is 0.190. The first-order valence-corrected chi connectivity index (χ1v) is 16.7. The van der Waals surface area contributed by atoms with Gasteiger partial charge in [0.15, 0.2) is 0 Å². The van der Waals surface area contributed by atoms with Crippen molar-refractivity contribution < 1.29 is 13.9 Å². The number of fused-ring (bicyclic) bond motifs is 1. The van der Waals surface area contributed by atoms with E-state index < -0.39 is 5.54 Å². The van der Waals surface area contributed by atoms with Crippen LogP contribution in [0.25, 0.3) is 22.0 Å². The highest BCUT2D eigenvalue weighted by atomic mass is 35.5. The van der Waals surface area contributed by atoms with E-state index in [-0.39, 0.29) is 11.7 Å². The maximum absolute atomic E-state index is 14.4. The van der Waals surface area contributed by atoms with Gasteiger partial charge in [0.05, 0.1) is 5.54 Å². The molecule has 244 valence electrons. The maximum atomic E-state index is 14.4. The summed E-state index contributed by atoms with van der Waals surface area (Å²) in [5.74, 6) is 0.523. The Hall–Kier alpha value is -3.47. The molecule has 2 fully saturated rings. The summed E-state index contributed by atoms with van der Waals surface area (Å²) in [5, 5.41) is 8.20. The van der Waals surface area contributed by atoms with E-state index in [1.165, 1.54) is 11.6 Å². The molecule has 0 spiro atoms. The number of carbonyl (C=O) groups is 1. The van der Waals surface area contributed by atoms with Gasteiger partial charge < -0.3 is 25.7 Å². The van der Waals surface area contributed by atoms with Gasteiger partial charge in [-0.2, -0.15) is 0 Å². The molecule has 6 rings (SSSR count). The normalized spacial score (nSPS) is 17.3. The molecule has 1 amide bonds. The Morgan fingerprint density at radius 1 is 0.978 bits per heavy atom. The summed E-state index contributed by atoms with van der Waals surface area (Å²) in [4.78, 5) is 17.8. The van der Waals surface area contributed by atoms with Crippen molar-refractivity contribution in [1.29, 1.82) is 0 Å². The lowest BCUT2D eigenvalue weighted by Crippen LogP contribution is -2.59. The SMILES string of the molecule is NC1(C(=O)NCCCn2cc(-c3cccc(F)c3)c3c(CN4CCN(CCOc5ccc(Cl)cc5)CC4)cccc32)CCNCC1. The van der Waals surface area contributed by atoms with Gasteiger partial charge in [0, 0.05) is 80.0 Å². The number of benzene rings is 3. The van der Waals surface area contributed by atoms with Crippen LogP contribution in [0, 0.1) is 5.82 Å². The van der Waals surface area contributed by atoms with E-state index in [0.29, 0.717) is 31.0 Å². The van der Waals surface area contributed by atoms with Gasteiger partial charge in [-0.25, -0.2) is 4.39 Å². The van der Waals surface area contributed by atoms with Crippen molar-refractivity contribution in [3.05, 3.63) is 89.3 Å². The fourth-order valence-electron chi connectivity index (χ4n) is 6.58. The van der Waals surface area contributed by atoms with Gasteiger partial charge in [-0.3, -0.25) is 14.6 Å². The fourth-order valence-corrected chi connectivity index (χ4v) is 6.71. The zero-order chi connectivity index (χ0) is 31.9. The van der Waals surface area contributed by atoms with E-state index in [9.17, 15) is 9.18 Å². The van der Waals surface area contributed by atoms with Crippen molar-refractivity contribution in [1.82, 2.24) is 25.0 Å². The van der Waals surface area contributed by atoms with Crippen LogP contribution in [-0.2, 0) is 17.9 Å². The third-order valence-electron chi connectivity index (χ3n) is 9.29. The van der Waals surface area contributed by atoms with E-state index in [1.54, 1.807) is 12.1 Å². The standard InChI is InChI=1S/C36H44ClFN6O2/c37-29-8-10-31(11-9-29)46-23-22-42-18-20-43(21-19-42)25-28-5-2-7-33-34(28)32(27-4-1-6-30(38)24-27)26-44(33)17-3-14-41-35(45)36(39)12-15-40-16-13-36/h1-2,4-11,24,26,40H,3,12-23,25,39H2,(H,41,45). The number of piperidine rings is 1. The summed E-state index contributed by atoms with van der Waals surface area (Å²) < 4.78 is 22.5. The Bertz CT molecular complexity index is 1610. The van der Waals surface area contributed by atoms with Crippen molar-refractivity contribution in [3.63, 3.8) is 0 Å². The summed E-state index contributed by atoms with van der Waals surface area (Å²) in [6.07, 6.45) is 4.20. The average Bonchev–Trinajstić information content (AvgIpc) is 3.44. The topological polar surface area (TPSA) is 87.8 Å². The second-order valence-electron chi connectivity index (χ2n) is 12.5. The minimum absolute atomic E-state index is 0.0664. The molecule has 0 unspecified atom stereocenters. The van der Waals surface area contributed by atoms with Gasteiger partial charge in [-0.1, -0.05) is 35.9 Å². The summed E-state index contributed by atoms with van der Waals surface area (Å²) >= 11 is 5.98. The fraction of sp³-hybridized carbons (Fsp3) is 0.417. The number of amides is 1. The largest absolute Gasteiger partial charge is 0.492 e. The number of hydrogen-bond acceptors (Lipinski definition) is 6. The molecule has 0 aliphatic carbocycles. The van der Waals surface area contributed by atoms with Crippen molar-refractivity contribution >= 4 is 28.4 Å². The lowest BCUT2D eigenvalue weighted by molar-refractivity contribution is -0.127. The third kappa shape index (κ3) is 7.90. The number of halogens is 2. The summed E-state index contributed by atoms with van der Waals surface area (Å²) in [6, 6.07) is 20.8. The molecule has 4 aromatic rings. The molecule has 0 saturated carbocycles. The van der Waals surface area contributed by atoms with Crippen LogP contribution in [0.1, 0.15) is 24.8 Å². The Balaban J connectivity index is 1.10. The van der Waals surface area contributed by atoms with Crippen LogP contribution in [0.4, 0.5) is 4.39 Å². The van der Waals surface area contributed by atoms with Crippen LogP contribution in [0.2, 0.25) is 5.02 Å². The lowest BCUT2D eigenvalue weighted by Gasteiger charge is -2.34.